The van der Waals surface area contributed by atoms with Crippen LogP contribution in [0.3, 0.4) is 0 Å². The Labute approximate surface area is 90.5 Å². The summed E-state index contributed by atoms with van der Waals surface area (Å²) in [6.45, 7) is 0. The van der Waals surface area contributed by atoms with Crippen molar-refractivity contribution in [1.82, 2.24) is 0 Å². The molecular formula is C11H7F3N2. The fourth-order valence-corrected chi connectivity index (χ4v) is 1.23. The fraction of sp³-hybridized carbons (Fsp3) is 0.273. The van der Waals surface area contributed by atoms with Crippen molar-refractivity contribution >= 4 is 0 Å². The molecule has 0 spiro atoms. The number of hydrogen-bond acceptors (Lipinski definition) is 2. The average Bonchev–Trinajstić information content (AvgIpc) is 2.25. The van der Waals surface area contributed by atoms with Crippen molar-refractivity contribution in [2.75, 3.05) is 0 Å². The van der Waals surface area contributed by atoms with E-state index in [2.05, 4.69) is 0 Å². The van der Waals surface area contributed by atoms with Crippen molar-refractivity contribution in [1.29, 1.82) is 10.5 Å². The Morgan fingerprint density at radius 3 is 2.31 bits per heavy atom. The van der Waals surface area contributed by atoms with E-state index in [1.54, 1.807) is 12.1 Å². The van der Waals surface area contributed by atoms with E-state index in [1.807, 2.05) is 0 Å². The van der Waals surface area contributed by atoms with E-state index < -0.39 is 17.7 Å². The van der Waals surface area contributed by atoms with Crippen LogP contribution in [-0.2, 0) is 12.6 Å². The van der Waals surface area contributed by atoms with Crippen LogP contribution < -0.4 is 0 Å². The van der Waals surface area contributed by atoms with Gasteiger partial charge in [-0.2, -0.15) is 23.7 Å². The quantitative estimate of drug-likeness (QED) is 0.775. The van der Waals surface area contributed by atoms with Crippen molar-refractivity contribution in [3.8, 4) is 12.1 Å². The van der Waals surface area contributed by atoms with E-state index in [0.717, 1.165) is 12.1 Å². The highest BCUT2D eigenvalue weighted by molar-refractivity contribution is 5.27. The summed E-state index contributed by atoms with van der Waals surface area (Å²) >= 11 is 0. The van der Waals surface area contributed by atoms with E-state index in [4.69, 9.17) is 10.5 Å². The number of nitriles is 2. The summed E-state index contributed by atoms with van der Waals surface area (Å²) in [5, 5.41) is 17.0. The average molecular weight is 224 g/mol. The van der Waals surface area contributed by atoms with E-state index in [1.165, 1.54) is 12.1 Å². The Balaban J connectivity index is 2.93. The van der Waals surface area contributed by atoms with Gasteiger partial charge in [-0.25, -0.2) is 0 Å². The van der Waals surface area contributed by atoms with E-state index in [-0.39, 0.29) is 6.42 Å². The molecule has 0 saturated heterocycles. The minimum absolute atomic E-state index is 0.0108. The summed E-state index contributed by atoms with van der Waals surface area (Å²) < 4.78 is 37.0. The first-order valence-electron chi connectivity index (χ1n) is 4.42. The number of nitrogens with zero attached hydrogens (tertiary/aromatic N) is 2. The first-order chi connectivity index (χ1) is 7.47. The third kappa shape index (κ3) is 2.99. The van der Waals surface area contributed by atoms with Crippen LogP contribution in [0.5, 0.6) is 0 Å². The van der Waals surface area contributed by atoms with E-state index in [0.29, 0.717) is 5.56 Å². The van der Waals surface area contributed by atoms with E-state index in [9.17, 15) is 13.2 Å². The van der Waals surface area contributed by atoms with Crippen LogP contribution in [0, 0.1) is 28.6 Å². The molecule has 2 nitrogen and oxygen atoms in total. The van der Waals surface area contributed by atoms with Gasteiger partial charge in [0.05, 0.1) is 17.7 Å². The zero-order valence-electron chi connectivity index (χ0n) is 8.12. The van der Waals surface area contributed by atoms with Gasteiger partial charge in [0.15, 0.2) is 0 Å². The molecule has 0 aliphatic heterocycles. The molecule has 5 heteroatoms. The van der Waals surface area contributed by atoms with Crippen LogP contribution in [0.1, 0.15) is 11.1 Å². The standard InChI is InChI=1S/C11H7F3N2/c12-11(13,14)10-3-1-2-8(5-10)4-9(6-15)7-16/h1-3,5,9H,4H2. The molecule has 0 fully saturated rings. The molecule has 0 heterocycles. The molecular weight excluding hydrogens is 217 g/mol. The highest BCUT2D eigenvalue weighted by Crippen LogP contribution is 2.29. The monoisotopic (exact) mass is 224 g/mol. The summed E-state index contributed by atoms with van der Waals surface area (Å²) in [5.41, 5.74) is -0.428. The molecule has 82 valence electrons. The summed E-state index contributed by atoms with van der Waals surface area (Å²) in [4.78, 5) is 0. The van der Waals surface area contributed by atoms with Gasteiger partial charge in [-0.3, -0.25) is 0 Å². The predicted molar refractivity (Wildman–Crippen MR) is 49.9 cm³/mol. The highest BCUT2D eigenvalue weighted by Gasteiger charge is 2.30. The first kappa shape index (κ1) is 12.1. The Kier molecular flexibility index (Phi) is 3.52. The summed E-state index contributed by atoms with van der Waals surface area (Å²) in [6, 6.07) is 8.08. The Morgan fingerprint density at radius 1 is 1.19 bits per heavy atom. The van der Waals surface area contributed by atoms with Gasteiger partial charge in [0.1, 0.15) is 5.92 Å². The van der Waals surface area contributed by atoms with Crippen molar-refractivity contribution < 1.29 is 13.2 Å². The zero-order chi connectivity index (χ0) is 12.2. The van der Waals surface area contributed by atoms with Crippen LogP contribution in [0.2, 0.25) is 0 Å². The molecule has 0 aliphatic carbocycles. The maximum Gasteiger partial charge on any atom is 0.416 e. The summed E-state index contributed by atoms with van der Waals surface area (Å²) in [7, 11) is 0. The predicted octanol–water partition coefficient (Wildman–Crippen LogP) is 2.91. The lowest BCUT2D eigenvalue weighted by Gasteiger charge is -2.08. The van der Waals surface area contributed by atoms with Gasteiger partial charge in [0, 0.05) is 6.42 Å². The maximum atomic E-state index is 12.3. The van der Waals surface area contributed by atoms with Crippen molar-refractivity contribution in [2.24, 2.45) is 5.92 Å². The van der Waals surface area contributed by atoms with Gasteiger partial charge in [-0.15, -0.1) is 0 Å². The summed E-state index contributed by atoms with van der Waals surface area (Å²) in [6.07, 6.45) is -4.39. The van der Waals surface area contributed by atoms with Gasteiger partial charge in [-0.05, 0) is 11.6 Å². The van der Waals surface area contributed by atoms with Crippen LogP contribution in [-0.4, -0.2) is 0 Å². The molecule has 0 amide bonds. The minimum atomic E-state index is -4.40. The Hall–Kier alpha value is -2.01. The SMILES string of the molecule is N#CC(C#N)Cc1cccc(C(F)(F)F)c1. The molecule has 1 aromatic carbocycles. The van der Waals surface area contributed by atoms with Crippen molar-refractivity contribution in [3.05, 3.63) is 35.4 Å². The lowest BCUT2D eigenvalue weighted by atomic mass is 10.0. The molecule has 16 heavy (non-hydrogen) atoms. The normalized spacial score (nSPS) is 10.9. The van der Waals surface area contributed by atoms with Crippen LogP contribution in [0.15, 0.2) is 24.3 Å². The van der Waals surface area contributed by atoms with E-state index >= 15 is 0 Å². The Bertz CT molecular complexity index is 438. The summed E-state index contributed by atoms with van der Waals surface area (Å²) in [5.74, 6) is -0.913. The first-order valence-corrected chi connectivity index (χ1v) is 4.42. The molecule has 1 rings (SSSR count). The molecule has 0 unspecified atom stereocenters. The topological polar surface area (TPSA) is 47.6 Å². The molecule has 0 atom stereocenters. The maximum absolute atomic E-state index is 12.3. The minimum Gasteiger partial charge on any atom is -0.197 e. The molecule has 0 N–H and O–H groups in total. The third-order valence-electron chi connectivity index (χ3n) is 2.01. The van der Waals surface area contributed by atoms with Crippen LogP contribution >= 0.6 is 0 Å². The molecule has 1 aromatic rings. The van der Waals surface area contributed by atoms with Gasteiger partial charge in [0.2, 0.25) is 0 Å². The van der Waals surface area contributed by atoms with Gasteiger partial charge < -0.3 is 0 Å². The smallest absolute Gasteiger partial charge is 0.197 e. The van der Waals surface area contributed by atoms with Gasteiger partial charge in [0.25, 0.3) is 0 Å². The zero-order valence-corrected chi connectivity index (χ0v) is 8.12. The number of rotatable bonds is 2. The molecule has 0 aliphatic rings. The van der Waals surface area contributed by atoms with Crippen LogP contribution in [0.4, 0.5) is 13.2 Å². The molecule has 0 saturated carbocycles. The molecule has 0 radical (unpaired) electrons. The van der Waals surface area contributed by atoms with Gasteiger partial charge >= 0.3 is 6.18 Å². The molecule has 0 aromatic heterocycles. The second-order valence-electron chi connectivity index (χ2n) is 3.21. The fourth-order valence-electron chi connectivity index (χ4n) is 1.23. The highest BCUT2D eigenvalue weighted by atomic mass is 19.4. The number of halogens is 3. The van der Waals surface area contributed by atoms with Gasteiger partial charge in [-0.1, -0.05) is 18.2 Å². The number of alkyl halides is 3. The molecule has 0 bridgehead atoms. The van der Waals surface area contributed by atoms with Crippen molar-refractivity contribution in [2.45, 2.75) is 12.6 Å². The largest absolute Gasteiger partial charge is 0.416 e. The number of hydrogen-bond donors (Lipinski definition) is 0. The lowest BCUT2D eigenvalue weighted by molar-refractivity contribution is -0.137. The second kappa shape index (κ2) is 4.67. The van der Waals surface area contributed by atoms with Crippen LogP contribution in [0.25, 0.3) is 0 Å². The third-order valence-corrected chi connectivity index (χ3v) is 2.01. The van der Waals surface area contributed by atoms with Crippen molar-refractivity contribution in [3.63, 3.8) is 0 Å². The Morgan fingerprint density at radius 2 is 1.81 bits per heavy atom. The lowest BCUT2D eigenvalue weighted by Crippen LogP contribution is -2.06. The number of benzene rings is 1. The second-order valence-corrected chi connectivity index (χ2v) is 3.21.